The van der Waals surface area contributed by atoms with Gasteiger partial charge in [-0.2, -0.15) is 0 Å². The van der Waals surface area contributed by atoms with Gasteiger partial charge in [0.25, 0.3) is 0 Å². The molecule has 0 fully saturated rings. The zero-order chi connectivity index (χ0) is 18.3. The molecule has 1 aromatic heterocycles. The summed E-state index contributed by atoms with van der Waals surface area (Å²) >= 11 is 6.40. The molecule has 0 aliphatic carbocycles. The summed E-state index contributed by atoms with van der Waals surface area (Å²) in [5.41, 5.74) is 2.29. The van der Waals surface area contributed by atoms with Crippen LogP contribution < -0.4 is 10.4 Å². The third-order valence-corrected chi connectivity index (χ3v) is 4.91. The fourth-order valence-electron chi connectivity index (χ4n) is 3.36. The summed E-state index contributed by atoms with van der Waals surface area (Å²) < 4.78 is 25.3. The molecule has 4 nitrogen and oxygen atoms in total. The van der Waals surface area contributed by atoms with Crippen LogP contribution >= 0.6 is 11.6 Å². The Kier molecular flexibility index (Phi) is 4.42. The molecule has 3 aromatic rings. The van der Waals surface area contributed by atoms with Gasteiger partial charge in [0.15, 0.2) is 0 Å². The van der Waals surface area contributed by atoms with Crippen LogP contribution in [0.5, 0.6) is 5.75 Å². The molecule has 134 valence electrons. The van der Waals surface area contributed by atoms with E-state index in [-0.39, 0.29) is 12.5 Å². The van der Waals surface area contributed by atoms with Crippen LogP contribution in [-0.2, 0) is 19.5 Å². The van der Waals surface area contributed by atoms with Crippen molar-refractivity contribution in [1.29, 1.82) is 0 Å². The predicted molar refractivity (Wildman–Crippen MR) is 98.0 cm³/mol. The second-order valence-corrected chi connectivity index (χ2v) is 6.75. The average molecular weight is 374 g/mol. The van der Waals surface area contributed by atoms with Crippen LogP contribution in [0, 0.1) is 5.82 Å². The third-order valence-electron chi connectivity index (χ3n) is 4.63. The van der Waals surface area contributed by atoms with Crippen molar-refractivity contribution in [2.24, 2.45) is 0 Å². The molecule has 0 N–H and O–H groups in total. The largest absolute Gasteiger partial charge is 0.476 e. The van der Waals surface area contributed by atoms with Gasteiger partial charge in [-0.3, -0.25) is 4.90 Å². The summed E-state index contributed by atoms with van der Waals surface area (Å²) in [6.07, 6.45) is 0.691. The Morgan fingerprint density at radius 2 is 2.04 bits per heavy atom. The highest BCUT2D eigenvalue weighted by Gasteiger charge is 2.25. The molecule has 26 heavy (non-hydrogen) atoms. The standard InChI is InChI=1S/C20H17ClFNO3/c1-2-12-7-18(24)26-19-14(12)8-16(21)20-15(19)10-23(11-25-20)9-13-5-3-4-6-17(13)22/h3-8H,2,9-11H2,1H3. The van der Waals surface area contributed by atoms with Gasteiger partial charge in [0.2, 0.25) is 0 Å². The van der Waals surface area contributed by atoms with E-state index in [1.54, 1.807) is 24.3 Å². The lowest BCUT2D eigenvalue weighted by molar-refractivity contribution is 0.0880. The molecular formula is C20H17ClFNO3. The van der Waals surface area contributed by atoms with E-state index in [0.29, 0.717) is 41.4 Å². The van der Waals surface area contributed by atoms with Gasteiger partial charge in [-0.15, -0.1) is 0 Å². The fraction of sp³-hybridized carbons (Fsp3) is 0.250. The van der Waals surface area contributed by atoms with Gasteiger partial charge in [-0.25, -0.2) is 9.18 Å². The van der Waals surface area contributed by atoms with E-state index in [9.17, 15) is 9.18 Å². The van der Waals surface area contributed by atoms with Gasteiger partial charge in [0.05, 0.1) is 10.6 Å². The normalized spacial score (nSPS) is 14.3. The maximum absolute atomic E-state index is 14.0. The summed E-state index contributed by atoms with van der Waals surface area (Å²) in [6, 6.07) is 9.92. The number of hydrogen-bond acceptors (Lipinski definition) is 4. The smallest absolute Gasteiger partial charge is 0.336 e. The number of halogens is 2. The molecule has 1 aliphatic heterocycles. The second kappa shape index (κ2) is 6.74. The number of rotatable bonds is 3. The van der Waals surface area contributed by atoms with E-state index in [0.717, 1.165) is 16.5 Å². The monoisotopic (exact) mass is 373 g/mol. The SMILES string of the molecule is CCc1cc(=O)oc2c3c(c(Cl)cc12)OCN(Cc1ccccc1F)C3. The molecule has 0 atom stereocenters. The number of hydrogen-bond donors (Lipinski definition) is 0. The summed E-state index contributed by atoms with van der Waals surface area (Å²) in [7, 11) is 0. The number of benzene rings is 2. The van der Waals surface area contributed by atoms with Crippen molar-refractivity contribution in [3.05, 3.63) is 74.3 Å². The molecule has 0 radical (unpaired) electrons. The first-order valence-electron chi connectivity index (χ1n) is 8.43. The first-order valence-corrected chi connectivity index (χ1v) is 8.81. The van der Waals surface area contributed by atoms with Gasteiger partial charge >= 0.3 is 5.63 Å². The van der Waals surface area contributed by atoms with Crippen LogP contribution in [-0.4, -0.2) is 11.6 Å². The fourth-order valence-corrected chi connectivity index (χ4v) is 3.64. The summed E-state index contributed by atoms with van der Waals surface area (Å²) in [4.78, 5) is 13.9. The van der Waals surface area contributed by atoms with E-state index >= 15 is 0 Å². The lowest BCUT2D eigenvalue weighted by atomic mass is 10.0. The van der Waals surface area contributed by atoms with Crippen LogP contribution in [0.15, 0.2) is 45.6 Å². The van der Waals surface area contributed by atoms with Crippen molar-refractivity contribution < 1.29 is 13.5 Å². The molecular weight excluding hydrogens is 357 g/mol. The molecule has 4 rings (SSSR count). The van der Waals surface area contributed by atoms with Gasteiger partial charge < -0.3 is 9.15 Å². The van der Waals surface area contributed by atoms with Crippen molar-refractivity contribution in [1.82, 2.24) is 4.90 Å². The van der Waals surface area contributed by atoms with Gasteiger partial charge in [0.1, 0.15) is 23.9 Å². The minimum absolute atomic E-state index is 0.256. The van der Waals surface area contributed by atoms with E-state index in [1.165, 1.54) is 12.1 Å². The second-order valence-electron chi connectivity index (χ2n) is 6.34. The molecule has 6 heteroatoms. The summed E-state index contributed by atoms with van der Waals surface area (Å²) in [5.74, 6) is 0.273. The zero-order valence-corrected chi connectivity index (χ0v) is 15.0. The number of aryl methyl sites for hydroxylation is 1. The van der Waals surface area contributed by atoms with Crippen LogP contribution in [0.2, 0.25) is 5.02 Å². The Balaban J connectivity index is 1.78. The summed E-state index contributed by atoms with van der Waals surface area (Å²) in [6.45, 7) is 3.10. The minimum Gasteiger partial charge on any atom is -0.476 e. The summed E-state index contributed by atoms with van der Waals surface area (Å²) in [5, 5.41) is 1.30. The predicted octanol–water partition coefficient (Wildman–Crippen LogP) is 4.50. The molecule has 0 saturated carbocycles. The van der Waals surface area contributed by atoms with E-state index in [4.69, 9.17) is 20.8 Å². The van der Waals surface area contributed by atoms with Crippen molar-refractivity contribution in [3.63, 3.8) is 0 Å². The Morgan fingerprint density at radius 1 is 1.23 bits per heavy atom. The molecule has 2 aromatic carbocycles. The zero-order valence-electron chi connectivity index (χ0n) is 14.2. The highest BCUT2D eigenvalue weighted by atomic mass is 35.5. The number of ether oxygens (including phenoxy) is 1. The molecule has 0 saturated heterocycles. The lowest BCUT2D eigenvalue weighted by Crippen LogP contribution is -2.32. The minimum atomic E-state index is -0.398. The van der Waals surface area contributed by atoms with Crippen molar-refractivity contribution in [2.75, 3.05) is 6.73 Å². The molecule has 2 heterocycles. The van der Waals surface area contributed by atoms with Crippen molar-refractivity contribution in [3.8, 4) is 5.75 Å². The van der Waals surface area contributed by atoms with E-state index < -0.39 is 5.63 Å². The molecule has 0 spiro atoms. The average Bonchev–Trinajstić information content (AvgIpc) is 2.64. The van der Waals surface area contributed by atoms with E-state index in [1.807, 2.05) is 11.8 Å². The maximum Gasteiger partial charge on any atom is 0.336 e. The maximum atomic E-state index is 14.0. The highest BCUT2D eigenvalue weighted by Crippen LogP contribution is 2.39. The third kappa shape index (κ3) is 2.97. The topological polar surface area (TPSA) is 42.7 Å². The number of fused-ring (bicyclic) bond motifs is 3. The lowest BCUT2D eigenvalue weighted by Gasteiger charge is -2.30. The van der Waals surface area contributed by atoms with Crippen molar-refractivity contribution >= 4 is 22.6 Å². The van der Waals surface area contributed by atoms with Gasteiger partial charge in [-0.05, 0) is 24.1 Å². The van der Waals surface area contributed by atoms with Crippen LogP contribution in [0.3, 0.4) is 0 Å². The molecule has 0 unspecified atom stereocenters. The van der Waals surface area contributed by atoms with E-state index in [2.05, 4.69) is 0 Å². The Hall–Kier alpha value is -2.37. The molecule has 0 amide bonds. The van der Waals surface area contributed by atoms with Crippen LogP contribution in [0.1, 0.15) is 23.6 Å². The van der Waals surface area contributed by atoms with Gasteiger partial charge in [0, 0.05) is 30.1 Å². The first-order chi connectivity index (χ1) is 12.6. The number of nitrogens with zero attached hydrogens (tertiary/aromatic N) is 1. The van der Waals surface area contributed by atoms with Crippen LogP contribution in [0.4, 0.5) is 4.39 Å². The molecule has 1 aliphatic rings. The van der Waals surface area contributed by atoms with Gasteiger partial charge in [-0.1, -0.05) is 36.7 Å². The van der Waals surface area contributed by atoms with Crippen LogP contribution in [0.25, 0.3) is 11.0 Å². The molecule has 0 bridgehead atoms. The Labute approximate surface area is 154 Å². The Bertz CT molecular complexity index is 1050. The quantitative estimate of drug-likeness (QED) is 0.634. The first kappa shape index (κ1) is 17.1. The van der Waals surface area contributed by atoms with Crippen molar-refractivity contribution in [2.45, 2.75) is 26.4 Å². The Morgan fingerprint density at radius 3 is 2.81 bits per heavy atom. The highest BCUT2D eigenvalue weighted by molar-refractivity contribution is 6.33.